The highest BCUT2D eigenvalue weighted by Gasteiger charge is 2.39. The molecule has 0 aliphatic carbocycles. The second-order valence-corrected chi connectivity index (χ2v) is 7.95. The maximum Gasteiger partial charge on any atom is 0.232 e. The van der Waals surface area contributed by atoms with Crippen LogP contribution in [0.4, 0.5) is 11.4 Å². The third kappa shape index (κ3) is 3.23. The minimum Gasteiger partial charge on any atom is -0.312 e. The fraction of sp³-hybridized carbons (Fsp3) is 0.364. The van der Waals surface area contributed by atoms with Gasteiger partial charge in [-0.05, 0) is 55.5 Å². The van der Waals surface area contributed by atoms with Crippen molar-refractivity contribution in [3.8, 4) is 0 Å². The van der Waals surface area contributed by atoms with Gasteiger partial charge in [-0.25, -0.2) is 0 Å². The predicted octanol–water partition coefficient (Wildman–Crippen LogP) is 4.29. The highest BCUT2D eigenvalue weighted by Crippen LogP contribution is 2.36. The second-order valence-electron chi connectivity index (χ2n) is 7.54. The fourth-order valence-electron chi connectivity index (χ4n) is 4.32. The number of halogens is 1. The summed E-state index contributed by atoms with van der Waals surface area (Å²) in [4.78, 5) is 29.5. The van der Waals surface area contributed by atoms with E-state index >= 15 is 0 Å². The Morgan fingerprint density at radius 2 is 1.96 bits per heavy atom. The summed E-state index contributed by atoms with van der Waals surface area (Å²) in [5.74, 6) is -0.327. The van der Waals surface area contributed by atoms with E-state index in [2.05, 4.69) is 6.07 Å². The van der Waals surface area contributed by atoms with Crippen molar-refractivity contribution in [2.24, 2.45) is 5.92 Å². The number of para-hydroxylation sites is 1. The van der Waals surface area contributed by atoms with Crippen LogP contribution in [-0.2, 0) is 16.0 Å². The smallest absolute Gasteiger partial charge is 0.232 e. The molecule has 1 fully saturated rings. The largest absolute Gasteiger partial charge is 0.312 e. The van der Waals surface area contributed by atoms with E-state index < -0.39 is 0 Å². The molecule has 2 aliphatic heterocycles. The average Bonchev–Trinajstić information content (AvgIpc) is 3.01. The number of fused-ring (bicyclic) bond motifs is 1. The number of aryl methyl sites for hydroxylation is 3. The molecule has 0 aromatic heterocycles. The maximum atomic E-state index is 13.2. The summed E-state index contributed by atoms with van der Waals surface area (Å²) >= 11 is 6.43. The minimum absolute atomic E-state index is 0.0347. The Hall–Kier alpha value is -2.33. The lowest BCUT2D eigenvalue weighted by atomic mass is 9.99. The molecule has 1 saturated heterocycles. The second kappa shape index (κ2) is 7.01. The highest BCUT2D eigenvalue weighted by atomic mass is 35.5. The van der Waals surface area contributed by atoms with Crippen molar-refractivity contribution in [3.63, 3.8) is 0 Å². The molecule has 140 valence electrons. The zero-order valence-corrected chi connectivity index (χ0v) is 16.4. The first-order valence-electron chi connectivity index (χ1n) is 9.42. The molecular formula is C22H23ClN2O2. The number of amides is 2. The lowest BCUT2D eigenvalue weighted by Gasteiger charge is -2.31. The minimum atomic E-state index is -0.333. The summed E-state index contributed by atoms with van der Waals surface area (Å²) in [6, 6.07) is 11.9. The van der Waals surface area contributed by atoms with Crippen LogP contribution in [0.2, 0.25) is 5.02 Å². The Kier molecular flexibility index (Phi) is 4.68. The molecule has 2 aromatic rings. The van der Waals surface area contributed by atoms with E-state index in [1.54, 1.807) is 4.90 Å². The van der Waals surface area contributed by atoms with Crippen molar-refractivity contribution in [3.05, 3.63) is 58.1 Å². The van der Waals surface area contributed by atoms with Gasteiger partial charge in [-0.3, -0.25) is 9.59 Å². The van der Waals surface area contributed by atoms with Crippen molar-refractivity contribution in [1.29, 1.82) is 0 Å². The van der Waals surface area contributed by atoms with Crippen LogP contribution in [0.25, 0.3) is 0 Å². The lowest BCUT2D eigenvalue weighted by molar-refractivity contribution is -0.124. The van der Waals surface area contributed by atoms with Crippen LogP contribution in [0.3, 0.4) is 0 Å². The van der Waals surface area contributed by atoms with Gasteiger partial charge in [0.1, 0.15) is 0 Å². The Balaban J connectivity index is 1.59. The Labute approximate surface area is 164 Å². The van der Waals surface area contributed by atoms with Gasteiger partial charge in [0, 0.05) is 25.2 Å². The van der Waals surface area contributed by atoms with Gasteiger partial charge >= 0.3 is 0 Å². The van der Waals surface area contributed by atoms with E-state index in [1.165, 1.54) is 5.56 Å². The van der Waals surface area contributed by atoms with Crippen LogP contribution in [0.1, 0.15) is 29.5 Å². The zero-order valence-electron chi connectivity index (χ0n) is 15.7. The number of rotatable bonds is 2. The zero-order chi connectivity index (χ0) is 19.1. The molecule has 2 aliphatic rings. The van der Waals surface area contributed by atoms with Crippen LogP contribution in [-0.4, -0.2) is 24.9 Å². The highest BCUT2D eigenvalue weighted by molar-refractivity contribution is 6.34. The molecule has 2 aromatic carbocycles. The molecule has 5 heteroatoms. The van der Waals surface area contributed by atoms with Crippen LogP contribution < -0.4 is 9.80 Å². The van der Waals surface area contributed by atoms with E-state index in [1.807, 2.05) is 49.1 Å². The SMILES string of the molecule is Cc1cc(C)c(N2CC(C(=O)N3CCCc4ccccc43)CC2=O)c(Cl)c1. The Morgan fingerprint density at radius 3 is 2.74 bits per heavy atom. The first-order valence-corrected chi connectivity index (χ1v) is 9.80. The molecule has 27 heavy (non-hydrogen) atoms. The van der Waals surface area contributed by atoms with Gasteiger partial charge in [-0.1, -0.05) is 35.9 Å². The van der Waals surface area contributed by atoms with Gasteiger partial charge < -0.3 is 9.80 Å². The molecule has 0 saturated carbocycles. The molecule has 0 bridgehead atoms. The average molecular weight is 383 g/mol. The van der Waals surface area contributed by atoms with Gasteiger partial charge in [0.05, 0.1) is 16.6 Å². The van der Waals surface area contributed by atoms with Crippen LogP contribution >= 0.6 is 11.6 Å². The van der Waals surface area contributed by atoms with E-state index in [0.29, 0.717) is 18.1 Å². The topological polar surface area (TPSA) is 40.6 Å². The molecular weight excluding hydrogens is 360 g/mol. The van der Waals surface area contributed by atoms with Crippen LogP contribution in [0.15, 0.2) is 36.4 Å². The maximum absolute atomic E-state index is 13.2. The van der Waals surface area contributed by atoms with E-state index in [-0.39, 0.29) is 24.2 Å². The van der Waals surface area contributed by atoms with Crippen molar-refractivity contribution >= 4 is 34.8 Å². The summed E-state index contributed by atoms with van der Waals surface area (Å²) in [5, 5.41) is 0.567. The van der Waals surface area contributed by atoms with Gasteiger partial charge in [-0.15, -0.1) is 0 Å². The standard InChI is InChI=1S/C22H23ClN2O2/c1-14-10-15(2)21(18(23)11-14)25-13-17(12-20(25)26)22(27)24-9-5-7-16-6-3-4-8-19(16)24/h3-4,6,8,10-11,17H,5,7,9,12-13H2,1-2H3. The number of carbonyl (C=O) groups is 2. The third-order valence-electron chi connectivity index (χ3n) is 5.52. The molecule has 1 unspecified atom stereocenters. The predicted molar refractivity (Wildman–Crippen MR) is 109 cm³/mol. The number of carbonyl (C=O) groups excluding carboxylic acids is 2. The summed E-state index contributed by atoms with van der Waals surface area (Å²) in [7, 11) is 0. The normalized spacial score (nSPS) is 19.4. The molecule has 2 amide bonds. The van der Waals surface area contributed by atoms with Gasteiger partial charge in [0.2, 0.25) is 11.8 Å². The third-order valence-corrected chi connectivity index (χ3v) is 5.81. The number of nitrogens with zero attached hydrogens (tertiary/aromatic N) is 2. The van der Waals surface area contributed by atoms with Crippen molar-refractivity contribution in [2.45, 2.75) is 33.1 Å². The molecule has 2 heterocycles. The van der Waals surface area contributed by atoms with Crippen molar-refractivity contribution in [2.75, 3.05) is 22.9 Å². The first kappa shape index (κ1) is 18.1. The quantitative estimate of drug-likeness (QED) is 0.777. The number of hydrogen-bond donors (Lipinski definition) is 0. The van der Waals surface area contributed by atoms with Crippen LogP contribution in [0.5, 0.6) is 0 Å². The molecule has 4 rings (SSSR count). The Morgan fingerprint density at radius 1 is 1.19 bits per heavy atom. The summed E-state index contributed by atoms with van der Waals surface area (Å²) < 4.78 is 0. The molecule has 0 radical (unpaired) electrons. The van der Waals surface area contributed by atoms with E-state index in [9.17, 15) is 9.59 Å². The summed E-state index contributed by atoms with van der Waals surface area (Å²) in [6.07, 6.45) is 2.19. The van der Waals surface area contributed by atoms with Crippen molar-refractivity contribution < 1.29 is 9.59 Å². The summed E-state index contributed by atoms with van der Waals surface area (Å²) in [5.41, 5.74) is 4.96. The monoisotopic (exact) mass is 382 g/mol. The number of benzene rings is 2. The van der Waals surface area contributed by atoms with E-state index in [0.717, 1.165) is 35.3 Å². The first-order chi connectivity index (χ1) is 13.0. The molecule has 4 nitrogen and oxygen atoms in total. The van der Waals surface area contributed by atoms with Gasteiger partial charge in [0.15, 0.2) is 0 Å². The number of hydrogen-bond acceptors (Lipinski definition) is 2. The lowest BCUT2D eigenvalue weighted by Crippen LogP contribution is -2.40. The molecule has 1 atom stereocenters. The van der Waals surface area contributed by atoms with Crippen LogP contribution in [0, 0.1) is 19.8 Å². The number of anilines is 2. The van der Waals surface area contributed by atoms with E-state index in [4.69, 9.17) is 11.6 Å². The molecule has 0 N–H and O–H groups in total. The van der Waals surface area contributed by atoms with Crippen molar-refractivity contribution in [1.82, 2.24) is 0 Å². The van der Waals surface area contributed by atoms with Gasteiger partial charge in [0.25, 0.3) is 0 Å². The fourth-order valence-corrected chi connectivity index (χ4v) is 4.75. The Bertz CT molecular complexity index is 901. The summed E-state index contributed by atoms with van der Waals surface area (Å²) in [6.45, 7) is 5.04. The molecule has 0 spiro atoms. The van der Waals surface area contributed by atoms with Gasteiger partial charge in [-0.2, -0.15) is 0 Å².